The molecule has 10 heteroatoms. The van der Waals surface area contributed by atoms with Gasteiger partial charge in [0.15, 0.2) is 0 Å². The van der Waals surface area contributed by atoms with Crippen molar-refractivity contribution in [3.8, 4) is 23.0 Å². The smallest absolute Gasteiger partial charge is 0.240 e. The summed E-state index contributed by atoms with van der Waals surface area (Å²) < 4.78 is 56.2. The molecule has 1 fully saturated rings. The quantitative estimate of drug-likeness (QED) is 0.296. The predicted octanol–water partition coefficient (Wildman–Crippen LogP) is 4.97. The first-order chi connectivity index (χ1) is 18.7. The molecule has 0 atom stereocenters. The number of benzene rings is 3. The average Bonchev–Trinajstić information content (AvgIpc) is 3.64. The van der Waals surface area contributed by atoms with Crippen molar-refractivity contribution in [3.05, 3.63) is 101 Å². The van der Waals surface area contributed by atoms with Gasteiger partial charge in [-0.25, -0.2) is 21.5 Å². The van der Waals surface area contributed by atoms with Crippen LogP contribution in [0.4, 0.5) is 0 Å². The van der Waals surface area contributed by atoms with Crippen molar-refractivity contribution in [1.29, 1.82) is 5.26 Å². The van der Waals surface area contributed by atoms with Gasteiger partial charge in [0, 0.05) is 30.4 Å². The second kappa shape index (κ2) is 10.6. The Labute approximate surface area is 228 Å². The highest BCUT2D eigenvalue weighted by molar-refractivity contribution is 7.95. The first kappa shape index (κ1) is 26.6. The third kappa shape index (κ3) is 5.29. The lowest BCUT2D eigenvalue weighted by atomic mass is 10.1. The predicted molar refractivity (Wildman–Crippen MR) is 149 cm³/mol. The normalized spacial score (nSPS) is 14.8. The Morgan fingerprint density at radius 2 is 1.59 bits per heavy atom. The van der Waals surface area contributed by atoms with E-state index in [1.807, 2.05) is 43.3 Å². The SMILES string of the molecule is Cc1ccc(S(=O)(=O)C(C#N)=Cc2cn(-c3ccccc3)nc2-c2cccc(S(=O)(=O)N3CCCC3)c2)cc1. The van der Waals surface area contributed by atoms with Crippen molar-refractivity contribution in [2.75, 3.05) is 13.1 Å². The van der Waals surface area contributed by atoms with E-state index < -0.39 is 24.8 Å². The van der Waals surface area contributed by atoms with E-state index in [9.17, 15) is 22.1 Å². The summed E-state index contributed by atoms with van der Waals surface area (Å²) in [5.74, 6) is 0. The molecule has 1 aliphatic heterocycles. The fourth-order valence-corrected chi connectivity index (χ4v) is 7.18. The number of nitriles is 1. The fraction of sp³-hybridized carbons (Fsp3) is 0.172. The van der Waals surface area contributed by atoms with Crippen LogP contribution >= 0.6 is 0 Å². The number of sulfone groups is 1. The molecule has 0 unspecified atom stereocenters. The third-order valence-corrected chi connectivity index (χ3v) is 10.2. The highest BCUT2D eigenvalue weighted by Gasteiger charge is 2.28. The van der Waals surface area contributed by atoms with Gasteiger partial charge in [-0.05, 0) is 62.2 Å². The highest BCUT2D eigenvalue weighted by atomic mass is 32.2. The van der Waals surface area contributed by atoms with E-state index in [4.69, 9.17) is 0 Å². The van der Waals surface area contributed by atoms with Crippen molar-refractivity contribution in [3.63, 3.8) is 0 Å². The van der Waals surface area contributed by atoms with Crippen LogP contribution in [0, 0.1) is 18.3 Å². The Hall–Kier alpha value is -4.04. The number of allylic oxidation sites excluding steroid dienone is 1. The second-order valence-electron chi connectivity index (χ2n) is 9.29. The number of sulfonamides is 1. The van der Waals surface area contributed by atoms with Gasteiger partial charge in [0.25, 0.3) is 0 Å². The van der Waals surface area contributed by atoms with Gasteiger partial charge < -0.3 is 0 Å². The zero-order chi connectivity index (χ0) is 27.6. The van der Waals surface area contributed by atoms with Gasteiger partial charge in [-0.2, -0.15) is 14.7 Å². The van der Waals surface area contributed by atoms with Crippen LogP contribution in [0.2, 0.25) is 0 Å². The Morgan fingerprint density at radius 3 is 2.26 bits per heavy atom. The topological polar surface area (TPSA) is 113 Å². The minimum Gasteiger partial charge on any atom is -0.240 e. The molecule has 4 aromatic rings. The molecule has 198 valence electrons. The lowest BCUT2D eigenvalue weighted by molar-refractivity contribution is 0.477. The van der Waals surface area contributed by atoms with Crippen LogP contribution in [0.3, 0.4) is 0 Å². The summed E-state index contributed by atoms with van der Waals surface area (Å²) in [6.07, 6.45) is 4.57. The maximum Gasteiger partial charge on any atom is 0.243 e. The number of hydrogen-bond acceptors (Lipinski definition) is 6. The van der Waals surface area contributed by atoms with E-state index in [0.717, 1.165) is 24.1 Å². The summed E-state index contributed by atoms with van der Waals surface area (Å²) in [4.78, 5) is -0.295. The molecule has 1 aliphatic rings. The highest BCUT2D eigenvalue weighted by Crippen LogP contribution is 2.31. The van der Waals surface area contributed by atoms with Crippen LogP contribution in [0.5, 0.6) is 0 Å². The number of rotatable bonds is 7. The van der Waals surface area contributed by atoms with Crippen LogP contribution in [0.1, 0.15) is 24.0 Å². The lowest BCUT2D eigenvalue weighted by Gasteiger charge is -2.16. The van der Waals surface area contributed by atoms with Gasteiger partial charge in [-0.3, -0.25) is 0 Å². The maximum absolute atomic E-state index is 13.3. The van der Waals surface area contributed by atoms with Gasteiger partial charge in [-0.15, -0.1) is 0 Å². The molecule has 0 bridgehead atoms. The largest absolute Gasteiger partial charge is 0.243 e. The van der Waals surface area contributed by atoms with Gasteiger partial charge in [-0.1, -0.05) is 48.0 Å². The summed E-state index contributed by atoms with van der Waals surface area (Å²) in [5, 5.41) is 14.6. The molecule has 0 radical (unpaired) electrons. The summed E-state index contributed by atoms with van der Waals surface area (Å²) in [6.45, 7) is 2.80. The molecule has 0 amide bonds. The maximum atomic E-state index is 13.3. The van der Waals surface area contributed by atoms with Gasteiger partial charge in [0.1, 0.15) is 16.7 Å². The van der Waals surface area contributed by atoms with Crippen molar-refractivity contribution in [2.24, 2.45) is 0 Å². The number of para-hydroxylation sites is 1. The molecule has 1 saturated heterocycles. The molecule has 0 saturated carbocycles. The Kier molecular flexibility index (Phi) is 7.23. The third-order valence-electron chi connectivity index (χ3n) is 6.59. The van der Waals surface area contributed by atoms with Gasteiger partial charge in [0.2, 0.25) is 19.9 Å². The van der Waals surface area contributed by atoms with E-state index in [-0.39, 0.29) is 9.79 Å². The van der Waals surface area contributed by atoms with E-state index in [1.165, 1.54) is 22.5 Å². The van der Waals surface area contributed by atoms with Crippen LogP contribution in [-0.4, -0.2) is 44.0 Å². The summed E-state index contributed by atoms with van der Waals surface area (Å²) in [6, 6.07) is 23.8. The standard InChI is InChI=1S/C29H26N4O4S2/c1-22-12-14-26(15-13-22)38(34,35)28(20-30)19-24-21-33(25-9-3-2-4-10-25)31-29(24)23-8-7-11-27(18-23)39(36,37)32-16-5-6-17-32/h2-4,7-15,18-19,21H,5-6,16-17H2,1H3. The molecule has 39 heavy (non-hydrogen) atoms. The molecular formula is C29H26N4O4S2. The van der Waals surface area contributed by atoms with Gasteiger partial charge in [0.05, 0.1) is 15.5 Å². The number of aryl methyl sites for hydroxylation is 1. The van der Waals surface area contributed by atoms with Gasteiger partial charge >= 0.3 is 0 Å². The van der Waals surface area contributed by atoms with Crippen LogP contribution < -0.4 is 0 Å². The summed E-state index contributed by atoms with van der Waals surface area (Å²) in [5.41, 5.74) is 2.82. The summed E-state index contributed by atoms with van der Waals surface area (Å²) in [7, 11) is -7.79. The zero-order valence-electron chi connectivity index (χ0n) is 21.2. The number of nitrogens with zero attached hydrogens (tertiary/aromatic N) is 4. The van der Waals surface area contributed by atoms with Crippen LogP contribution in [0.15, 0.2) is 99.8 Å². The molecule has 0 N–H and O–H groups in total. The van der Waals surface area contributed by atoms with E-state index in [1.54, 1.807) is 47.3 Å². The molecule has 1 aromatic heterocycles. The Balaban J connectivity index is 1.65. The van der Waals surface area contributed by atoms with Crippen LogP contribution in [-0.2, 0) is 19.9 Å². The number of hydrogen-bond donors (Lipinski definition) is 0. The lowest BCUT2D eigenvalue weighted by Crippen LogP contribution is -2.27. The Morgan fingerprint density at radius 1 is 0.897 bits per heavy atom. The summed E-state index contributed by atoms with van der Waals surface area (Å²) >= 11 is 0. The molecule has 0 aliphatic carbocycles. The fourth-order valence-electron chi connectivity index (χ4n) is 4.47. The first-order valence-corrected chi connectivity index (χ1v) is 15.3. The van der Waals surface area contributed by atoms with Crippen molar-refractivity contribution in [1.82, 2.24) is 14.1 Å². The first-order valence-electron chi connectivity index (χ1n) is 12.4. The molecule has 2 heterocycles. The average molecular weight is 559 g/mol. The van der Waals surface area contributed by atoms with Crippen molar-refractivity contribution < 1.29 is 16.8 Å². The van der Waals surface area contributed by atoms with E-state index in [0.29, 0.717) is 29.9 Å². The van der Waals surface area contributed by atoms with E-state index >= 15 is 0 Å². The van der Waals surface area contributed by atoms with Crippen LogP contribution in [0.25, 0.3) is 23.0 Å². The van der Waals surface area contributed by atoms with Crippen molar-refractivity contribution >= 4 is 25.9 Å². The monoisotopic (exact) mass is 558 g/mol. The molecule has 8 nitrogen and oxygen atoms in total. The van der Waals surface area contributed by atoms with E-state index in [2.05, 4.69) is 5.10 Å². The van der Waals surface area contributed by atoms with Crippen molar-refractivity contribution in [2.45, 2.75) is 29.6 Å². The second-order valence-corrected chi connectivity index (χ2v) is 13.1. The zero-order valence-corrected chi connectivity index (χ0v) is 22.9. The molecule has 5 rings (SSSR count). The molecule has 0 spiro atoms. The minimum atomic E-state index is -4.10. The molecule has 3 aromatic carbocycles. The number of aromatic nitrogens is 2. The minimum absolute atomic E-state index is 0.0107. The Bertz CT molecular complexity index is 1800. The molecular weight excluding hydrogens is 532 g/mol.